The molecule has 1 fully saturated rings. The van der Waals surface area contributed by atoms with E-state index in [2.05, 4.69) is 5.32 Å². The Balaban J connectivity index is 2.01. The molecular weight excluding hydrogens is 299 g/mol. The molecule has 6 heteroatoms. The maximum atomic E-state index is 12.2. The summed E-state index contributed by atoms with van der Waals surface area (Å²) >= 11 is 12.1. The van der Waals surface area contributed by atoms with Crippen molar-refractivity contribution in [2.45, 2.75) is 32.4 Å². The zero-order chi connectivity index (χ0) is 14.7. The summed E-state index contributed by atoms with van der Waals surface area (Å²) in [4.78, 5) is 25.4. The number of nitrogens with zero attached hydrogens (tertiary/aromatic N) is 1. The van der Waals surface area contributed by atoms with Crippen molar-refractivity contribution >= 4 is 35.0 Å². The first-order chi connectivity index (χ1) is 9.54. The second kappa shape index (κ2) is 6.46. The lowest BCUT2D eigenvalue weighted by Gasteiger charge is -2.22. The third kappa shape index (κ3) is 3.07. The van der Waals surface area contributed by atoms with Crippen molar-refractivity contribution in [1.82, 2.24) is 10.2 Å². The molecule has 1 saturated heterocycles. The van der Waals surface area contributed by atoms with Crippen LogP contribution in [-0.4, -0.2) is 29.3 Å². The van der Waals surface area contributed by atoms with E-state index in [9.17, 15) is 9.59 Å². The van der Waals surface area contributed by atoms with Gasteiger partial charge in [0.05, 0.1) is 0 Å². The maximum absolute atomic E-state index is 12.2. The molecule has 108 valence electrons. The molecule has 20 heavy (non-hydrogen) atoms. The first kappa shape index (κ1) is 15.1. The maximum Gasteiger partial charge on any atom is 0.243 e. The first-order valence-electron chi connectivity index (χ1n) is 6.54. The van der Waals surface area contributed by atoms with Gasteiger partial charge in [0.15, 0.2) is 0 Å². The number of likely N-dealkylation sites (tertiary alicyclic amines) is 1. The van der Waals surface area contributed by atoms with Gasteiger partial charge in [-0.1, -0.05) is 29.3 Å². The standard InChI is InChI=1S/C14H16Cl2N2O2/c1-2-18-12(6-7-13(18)19)14(20)17-8-9-10(15)4-3-5-11(9)16/h3-5,12H,2,6-8H2,1H3,(H,17,20)/t12-/m1/s1. The van der Waals surface area contributed by atoms with Gasteiger partial charge in [0.25, 0.3) is 0 Å². The van der Waals surface area contributed by atoms with Gasteiger partial charge in [-0.05, 0) is 25.5 Å². The molecule has 1 aromatic carbocycles. The summed E-state index contributed by atoms with van der Waals surface area (Å²) in [6.45, 7) is 2.68. The molecule has 2 rings (SSSR count). The zero-order valence-corrected chi connectivity index (χ0v) is 12.7. The number of amides is 2. The van der Waals surface area contributed by atoms with Crippen LogP contribution in [-0.2, 0) is 16.1 Å². The molecule has 1 aromatic rings. The van der Waals surface area contributed by atoms with E-state index in [0.29, 0.717) is 35.0 Å². The Labute approximate surface area is 128 Å². The van der Waals surface area contributed by atoms with Gasteiger partial charge in [-0.25, -0.2) is 0 Å². The lowest BCUT2D eigenvalue weighted by molar-refractivity contribution is -0.135. The highest BCUT2D eigenvalue weighted by molar-refractivity contribution is 6.36. The number of likely N-dealkylation sites (N-methyl/N-ethyl adjacent to an activating group) is 1. The van der Waals surface area contributed by atoms with Gasteiger partial charge < -0.3 is 10.2 Å². The summed E-state index contributed by atoms with van der Waals surface area (Å²) in [6.07, 6.45) is 0.994. The molecule has 1 N–H and O–H groups in total. The molecule has 0 spiro atoms. The molecule has 1 atom stereocenters. The van der Waals surface area contributed by atoms with Crippen LogP contribution in [0.1, 0.15) is 25.3 Å². The topological polar surface area (TPSA) is 49.4 Å². The molecule has 0 radical (unpaired) electrons. The van der Waals surface area contributed by atoms with Crippen molar-refractivity contribution in [3.63, 3.8) is 0 Å². The van der Waals surface area contributed by atoms with Gasteiger partial charge in [-0.2, -0.15) is 0 Å². The lowest BCUT2D eigenvalue weighted by atomic mass is 10.2. The third-order valence-corrected chi connectivity index (χ3v) is 4.18. The van der Waals surface area contributed by atoms with Crippen LogP contribution in [0.25, 0.3) is 0 Å². The van der Waals surface area contributed by atoms with Crippen molar-refractivity contribution < 1.29 is 9.59 Å². The van der Waals surface area contributed by atoms with E-state index in [1.807, 2.05) is 6.92 Å². The smallest absolute Gasteiger partial charge is 0.243 e. The Kier molecular flexibility index (Phi) is 4.89. The number of carbonyl (C=O) groups is 2. The van der Waals surface area contributed by atoms with Gasteiger partial charge in [0.1, 0.15) is 6.04 Å². The first-order valence-corrected chi connectivity index (χ1v) is 7.30. The normalized spacial score (nSPS) is 18.4. The molecule has 0 saturated carbocycles. The molecule has 0 bridgehead atoms. The van der Waals surface area contributed by atoms with E-state index >= 15 is 0 Å². The number of benzene rings is 1. The summed E-state index contributed by atoms with van der Waals surface area (Å²) in [5.74, 6) is -0.128. The highest BCUT2D eigenvalue weighted by atomic mass is 35.5. The van der Waals surface area contributed by atoms with Crippen LogP contribution in [0.4, 0.5) is 0 Å². The fourth-order valence-electron chi connectivity index (χ4n) is 2.40. The van der Waals surface area contributed by atoms with Gasteiger partial charge in [-0.3, -0.25) is 9.59 Å². The van der Waals surface area contributed by atoms with E-state index in [0.717, 1.165) is 0 Å². The van der Waals surface area contributed by atoms with Crippen LogP contribution >= 0.6 is 23.2 Å². The van der Waals surface area contributed by atoms with Crippen LogP contribution in [0.15, 0.2) is 18.2 Å². The molecule has 1 heterocycles. The fourth-order valence-corrected chi connectivity index (χ4v) is 2.93. The second-order valence-corrected chi connectivity index (χ2v) is 5.47. The van der Waals surface area contributed by atoms with Gasteiger partial charge in [-0.15, -0.1) is 0 Å². The highest BCUT2D eigenvalue weighted by Crippen LogP contribution is 2.24. The number of carbonyl (C=O) groups excluding carboxylic acids is 2. The van der Waals surface area contributed by atoms with E-state index in [-0.39, 0.29) is 24.4 Å². The monoisotopic (exact) mass is 314 g/mol. The van der Waals surface area contributed by atoms with Crippen molar-refractivity contribution in [2.24, 2.45) is 0 Å². The Morgan fingerprint density at radius 1 is 1.40 bits per heavy atom. The van der Waals surface area contributed by atoms with Crippen molar-refractivity contribution in [1.29, 1.82) is 0 Å². The number of halogens is 2. The summed E-state index contributed by atoms with van der Waals surface area (Å²) in [5.41, 5.74) is 0.691. The highest BCUT2D eigenvalue weighted by Gasteiger charge is 2.34. The van der Waals surface area contributed by atoms with Crippen molar-refractivity contribution in [2.75, 3.05) is 6.54 Å². The minimum absolute atomic E-state index is 0.0309. The molecule has 2 amide bonds. The van der Waals surface area contributed by atoms with Crippen LogP contribution < -0.4 is 5.32 Å². The van der Waals surface area contributed by atoms with Crippen LogP contribution in [0, 0.1) is 0 Å². The minimum Gasteiger partial charge on any atom is -0.350 e. The Bertz CT molecular complexity index is 514. The largest absolute Gasteiger partial charge is 0.350 e. The molecule has 4 nitrogen and oxygen atoms in total. The summed E-state index contributed by atoms with van der Waals surface area (Å²) < 4.78 is 0. The number of nitrogens with one attached hydrogen (secondary N) is 1. The van der Waals surface area contributed by atoms with E-state index in [1.165, 1.54) is 0 Å². The van der Waals surface area contributed by atoms with Gasteiger partial charge >= 0.3 is 0 Å². The van der Waals surface area contributed by atoms with E-state index < -0.39 is 0 Å². The quantitative estimate of drug-likeness (QED) is 0.928. The minimum atomic E-state index is -0.381. The van der Waals surface area contributed by atoms with E-state index in [4.69, 9.17) is 23.2 Å². The molecule has 0 aromatic heterocycles. The van der Waals surface area contributed by atoms with Crippen molar-refractivity contribution in [3.8, 4) is 0 Å². The Morgan fingerprint density at radius 2 is 2.05 bits per heavy atom. The Morgan fingerprint density at radius 3 is 2.65 bits per heavy atom. The number of rotatable bonds is 4. The molecule has 1 aliphatic heterocycles. The average Bonchev–Trinajstić information content (AvgIpc) is 2.79. The summed E-state index contributed by atoms with van der Waals surface area (Å²) in [5, 5.41) is 3.85. The lowest BCUT2D eigenvalue weighted by Crippen LogP contribution is -2.44. The van der Waals surface area contributed by atoms with Crippen molar-refractivity contribution in [3.05, 3.63) is 33.8 Å². The predicted molar refractivity (Wildman–Crippen MR) is 78.7 cm³/mol. The molecule has 0 unspecified atom stereocenters. The predicted octanol–water partition coefficient (Wildman–Crippen LogP) is 2.62. The van der Waals surface area contributed by atoms with Crippen LogP contribution in [0.2, 0.25) is 10.0 Å². The van der Waals surface area contributed by atoms with E-state index in [1.54, 1.807) is 23.1 Å². The second-order valence-electron chi connectivity index (χ2n) is 4.65. The molecule has 1 aliphatic rings. The molecule has 0 aliphatic carbocycles. The Hall–Kier alpha value is -1.26. The van der Waals surface area contributed by atoms with Crippen LogP contribution in [0.5, 0.6) is 0 Å². The molecular formula is C14H16Cl2N2O2. The SMILES string of the molecule is CCN1C(=O)CC[C@@H]1C(=O)NCc1c(Cl)cccc1Cl. The van der Waals surface area contributed by atoms with Gasteiger partial charge in [0, 0.05) is 35.1 Å². The summed E-state index contributed by atoms with van der Waals surface area (Å²) in [7, 11) is 0. The number of hydrogen-bond acceptors (Lipinski definition) is 2. The fraction of sp³-hybridized carbons (Fsp3) is 0.429. The zero-order valence-electron chi connectivity index (χ0n) is 11.2. The summed E-state index contributed by atoms with van der Waals surface area (Å²) in [6, 6.07) is 4.83. The number of hydrogen-bond donors (Lipinski definition) is 1. The van der Waals surface area contributed by atoms with Gasteiger partial charge in [0.2, 0.25) is 11.8 Å². The average molecular weight is 315 g/mol. The van der Waals surface area contributed by atoms with Crippen LogP contribution in [0.3, 0.4) is 0 Å². The third-order valence-electron chi connectivity index (χ3n) is 3.47.